The van der Waals surface area contributed by atoms with Gasteiger partial charge in [-0.2, -0.15) is 8.78 Å². The number of benzene rings is 1. The van der Waals surface area contributed by atoms with Crippen LogP contribution in [0, 0.1) is 0 Å². The van der Waals surface area contributed by atoms with Crippen molar-refractivity contribution in [1.29, 1.82) is 0 Å². The molecule has 3 heteroatoms. The van der Waals surface area contributed by atoms with Crippen LogP contribution in [-0.4, -0.2) is 6.61 Å². The Morgan fingerprint density at radius 3 is 2.41 bits per heavy atom. The zero-order valence-electron chi connectivity index (χ0n) is 10.7. The van der Waals surface area contributed by atoms with E-state index in [2.05, 4.69) is 25.5 Å². The van der Waals surface area contributed by atoms with E-state index in [4.69, 9.17) is 0 Å². The van der Waals surface area contributed by atoms with Crippen molar-refractivity contribution in [2.75, 3.05) is 0 Å². The lowest BCUT2D eigenvalue weighted by molar-refractivity contribution is -0.0510. The lowest BCUT2D eigenvalue weighted by Crippen LogP contribution is -2.22. The van der Waals surface area contributed by atoms with Gasteiger partial charge in [-0.25, -0.2) is 0 Å². The number of alkyl halides is 2. The minimum atomic E-state index is -2.76. The van der Waals surface area contributed by atoms with Gasteiger partial charge in [-0.15, -0.1) is 0 Å². The van der Waals surface area contributed by atoms with Crippen LogP contribution in [0.2, 0.25) is 0 Å². The molecule has 0 spiro atoms. The van der Waals surface area contributed by atoms with Crippen molar-refractivity contribution in [3.63, 3.8) is 0 Å². The van der Waals surface area contributed by atoms with Crippen molar-refractivity contribution in [3.8, 4) is 5.75 Å². The summed E-state index contributed by atoms with van der Waals surface area (Å²) in [6.45, 7) is 3.52. The van der Waals surface area contributed by atoms with Crippen LogP contribution in [0.5, 0.6) is 5.75 Å². The lowest BCUT2D eigenvalue weighted by Gasteiger charge is -2.30. The van der Waals surface area contributed by atoms with Gasteiger partial charge in [0, 0.05) is 5.56 Å². The summed E-state index contributed by atoms with van der Waals surface area (Å²) >= 11 is 0. The highest BCUT2D eigenvalue weighted by atomic mass is 19.3. The van der Waals surface area contributed by atoms with Gasteiger partial charge in [-0.3, -0.25) is 0 Å². The molecule has 0 aromatic heterocycles. The van der Waals surface area contributed by atoms with E-state index in [-0.39, 0.29) is 5.41 Å². The molecule has 0 saturated heterocycles. The van der Waals surface area contributed by atoms with Crippen LogP contribution in [-0.2, 0) is 5.41 Å². The van der Waals surface area contributed by atoms with E-state index in [9.17, 15) is 8.78 Å². The van der Waals surface area contributed by atoms with E-state index in [1.807, 2.05) is 12.1 Å². The second-order valence-electron chi connectivity index (χ2n) is 4.54. The van der Waals surface area contributed by atoms with Gasteiger partial charge in [-0.1, -0.05) is 45.4 Å². The Kier molecular flexibility index (Phi) is 4.91. The SMILES string of the molecule is CCCC(C)(CC)c1ccccc1OC(F)F. The third kappa shape index (κ3) is 3.42. The van der Waals surface area contributed by atoms with E-state index in [0.717, 1.165) is 24.8 Å². The second-order valence-corrected chi connectivity index (χ2v) is 4.54. The molecule has 0 amide bonds. The monoisotopic (exact) mass is 242 g/mol. The van der Waals surface area contributed by atoms with Crippen molar-refractivity contribution in [2.45, 2.75) is 52.1 Å². The summed E-state index contributed by atoms with van der Waals surface area (Å²) in [5.74, 6) is 0.306. The number of halogens is 2. The van der Waals surface area contributed by atoms with Gasteiger partial charge in [-0.05, 0) is 24.3 Å². The fraction of sp³-hybridized carbons (Fsp3) is 0.571. The molecular weight excluding hydrogens is 222 g/mol. The molecule has 0 bridgehead atoms. The Bertz CT molecular complexity index is 352. The Morgan fingerprint density at radius 1 is 1.24 bits per heavy atom. The van der Waals surface area contributed by atoms with Crippen molar-refractivity contribution in [2.24, 2.45) is 0 Å². The first kappa shape index (κ1) is 13.9. The Labute approximate surface area is 102 Å². The zero-order chi connectivity index (χ0) is 12.9. The molecule has 0 fully saturated rings. The molecule has 1 unspecified atom stereocenters. The summed E-state index contributed by atoms with van der Waals surface area (Å²) in [6.07, 6.45) is 2.89. The molecule has 0 aliphatic rings. The third-order valence-electron chi connectivity index (χ3n) is 3.34. The van der Waals surface area contributed by atoms with E-state index in [0.29, 0.717) is 5.75 Å². The molecule has 0 aliphatic carbocycles. The predicted octanol–water partition coefficient (Wildman–Crippen LogP) is 4.76. The van der Waals surface area contributed by atoms with Crippen LogP contribution in [0.4, 0.5) is 8.78 Å². The Balaban J connectivity index is 3.09. The fourth-order valence-electron chi connectivity index (χ4n) is 2.22. The number of hydrogen-bond acceptors (Lipinski definition) is 1. The summed E-state index contributed by atoms with van der Waals surface area (Å²) in [5.41, 5.74) is 0.782. The van der Waals surface area contributed by atoms with Crippen LogP contribution >= 0.6 is 0 Å². The summed E-state index contributed by atoms with van der Waals surface area (Å²) in [5, 5.41) is 0. The summed E-state index contributed by atoms with van der Waals surface area (Å²) < 4.78 is 29.3. The van der Waals surface area contributed by atoms with Gasteiger partial charge in [0.05, 0.1) is 0 Å². The maximum atomic E-state index is 12.4. The Morgan fingerprint density at radius 2 is 1.88 bits per heavy atom. The minimum Gasteiger partial charge on any atom is -0.435 e. The second kappa shape index (κ2) is 5.99. The summed E-state index contributed by atoms with van der Waals surface area (Å²) in [4.78, 5) is 0. The van der Waals surface area contributed by atoms with Crippen LogP contribution in [0.3, 0.4) is 0 Å². The third-order valence-corrected chi connectivity index (χ3v) is 3.34. The average molecular weight is 242 g/mol. The van der Waals surface area contributed by atoms with Gasteiger partial charge < -0.3 is 4.74 Å². The molecular formula is C14H20F2O. The van der Waals surface area contributed by atoms with Crippen molar-refractivity contribution < 1.29 is 13.5 Å². The average Bonchev–Trinajstić information content (AvgIpc) is 2.29. The van der Waals surface area contributed by atoms with Crippen molar-refractivity contribution in [3.05, 3.63) is 29.8 Å². The number of rotatable bonds is 6. The molecule has 1 aromatic rings. The largest absolute Gasteiger partial charge is 0.435 e. The molecule has 0 saturated carbocycles. The smallest absolute Gasteiger partial charge is 0.387 e. The first-order valence-corrected chi connectivity index (χ1v) is 6.07. The zero-order valence-corrected chi connectivity index (χ0v) is 10.7. The van der Waals surface area contributed by atoms with E-state index >= 15 is 0 Å². The topological polar surface area (TPSA) is 9.23 Å². The number of hydrogen-bond donors (Lipinski definition) is 0. The van der Waals surface area contributed by atoms with Crippen LogP contribution < -0.4 is 4.74 Å². The normalized spacial score (nSPS) is 14.7. The first-order chi connectivity index (χ1) is 8.03. The highest BCUT2D eigenvalue weighted by Crippen LogP contribution is 2.38. The molecule has 1 atom stereocenters. The van der Waals surface area contributed by atoms with Gasteiger partial charge in [0.25, 0.3) is 0 Å². The number of para-hydroxylation sites is 1. The van der Waals surface area contributed by atoms with E-state index < -0.39 is 6.61 Å². The quantitative estimate of drug-likeness (QED) is 0.699. The van der Waals surface area contributed by atoms with Crippen molar-refractivity contribution in [1.82, 2.24) is 0 Å². The van der Waals surface area contributed by atoms with E-state index in [1.165, 1.54) is 0 Å². The standard InChI is InChI=1S/C14H20F2O/c1-4-10-14(3,5-2)11-8-6-7-9-12(11)17-13(15)16/h6-9,13H,4-5,10H2,1-3H3. The molecule has 0 aliphatic heterocycles. The number of ether oxygens (including phenoxy) is 1. The Hall–Kier alpha value is -1.12. The summed E-state index contributed by atoms with van der Waals surface area (Å²) in [6, 6.07) is 7.10. The summed E-state index contributed by atoms with van der Waals surface area (Å²) in [7, 11) is 0. The van der Waals surface area contributed by atoms with Crippen LogP contribution in [0.15, 0.2) is 24.3 Å². The molecule has 1 rings (SSSR count). The highest BCUT2D eigenvalue weighted by molar-refractivity contribution is 5.39. The van der Waals surface area contributed by atoms with Gasteiger partial charge >= 0.3 is 6.61 Å². The van der Waals surface area contributed by atoms with E-state index in [1.54, 1.807) is 12.1 Å². The van der Waals surface area contributed by atoms with Crippen LogP contribution in [0.25, 0.3) is 0 Å². The van der Waals surface area contributed by atoms with Gasteiger partial charge in [0.2, 0.25) is 0 Å². The molecule has 17 heavy (non-hydrogen) atoms. The first-order valence-electron chi connectivity index (χ1n) is 6.07. The maximum Gasteiger partial charge on any atom is 0.387 e. The minimum absolute atomic E-state index is 0.0970. The molecule has 1 aromatic carbocycles. The van der Waals surface area contributed by atoms with Crippen LogP contribution in [0.1, 0.15) is 45.6 Å². The highest BCUT2D eigenvalue weighted by Gasteiger charge is 2.27. The molecule has 0 N–H and O–H groups in total. The molecule has 1 nitrogen and oxygen atoms in total. The predicted molar refractivity (Wildman–Crippen MR) is 65.6 cm³/mol. The molecule has 0 radical (unpaired) electrons. The fourth-order valence-corrected chi connectivity index (χ4v) is 2.22. The maximum absolute atomic E-state index is 12.4. The molecule has 96 valence electrons. The van der Waals surface area contributed by atoms with Gasteiger partial charge in [0.15, 0.2) is 0 Å². The lowest BCUT2D eigenvalue weighted by atomic mass is 9.76. The molecule has 0 heterocycles. The van der Waals surface area contributed by atoms with Crippen molar-refractivity contribution >= 4 is 0 Å². The van der Waals surface area contributed by atoms with Gasteiger partial charge in [0.1, 0.15) is 5.75 Å².